The predicted molar refractivity (Wildman–Crippen MR) is 200 cm³/mol. The molecule has 0 aliphatic rings. The number of pyridine rings is 2. The monoisotopic (exact) mass is 628 g/mol. The number of imidazole rings is 1. The Morgan fingerprint density at radius 1 is 0.449 bits per heavy atom. The number of hydrogen-bond acceptors (Lipinski definition) is 3. The average Bonchev–Trinajstić information content (AvgIpc) is 3.79. The molecule has 0 radical (unpaired) electrons. The van der Waals surface area contributed by atoms with Gasteiger partial charge in [0.1, 0.15) is 23.0 Å². The summed E-state index contributed by atoms with van der Waals surface area (Å²) in [7, 11) is 0. The maximum atomic E-state index is 6.64. The highest BCUT2D eigenvalue weighted by Crippen LogP contribution is 2.41. The van der Waals surface area contributed by atoms with Gasteiger partial charge in [0.2, 0.25) is 0 Å². The van der Waals surface area contributed by atoms with Crippen molar-refractivity contribution in [3.05, 3.63) is 170 Å². The Balaban J connectivity index is 1.16. The van der Waals surface area contributed by atoms with Crippen molar-refractivity contribution >= 4 is 49.1 Å². The molecule has 0 saturated carbocycles. The molecular weight excluding hydrogens is 601 g/mol. The van der Waals surface area contributed by atoms with Crippen LogP contribution in [0.2, 0.25) is 0 Å². The van der Waals surface area contributed by atoms with Gasteiger partial charge in [0.15, 0.2) is 0 Å². The minimum absolute atomic E-state index is 0.749. The predicted octanol–water partition coefficient (Wildman–Crippen LogP) is 11.3. The van der Waals surface area contributed by atoms with E-state index in [1.54, 1.807) is 0 Å². The third-order valence-corrected chi connectivity index (χ3v) is 9.47. The zero-order valence-corrected chi connectivity index (χ0v) is 26.4. The Morgan fingerprint density at radius 3 is 1.98 bits per heavy atom. The summed E-state index contributed by atoms with van der Waals surface area (Å²) < 4.78 is 11.0. The molecule has 5 nitrogen and oxygen atoms in total. The van der Waals surface area contributed by atoms with Crippen molar-refractivity contribution in [3.8, 4) is 39.6 Å². The van der Waals surface area contributed by atoms with Crippen LogP contribution < -0.4 is 4.74 Å². The Morgan fingerprint density at radius 2 is 1.16 bits per heavy atom. The molecule has 0 unspecified atom stereocenters. The van der Waals surface area contributed by atoms with Gasteiger partial charge in [0, 0.05) is 46.2 Å². The molecule has 0 spiro atoms. The van der Waals surface area contributed by atoms with Gasteiger partial charge in [-0.3, -0.25) is 8.97 Å². The number of aromatic nitrogens is 4. The second-order valence-corrected chi connectivity index (χ2v) is 12.3. The number of para-hydroxylation sites is 1. The highest BCUT2D eigenvalue weighted by molar-refractivity contribution is 6.18. The van der Waals surface area contributed by atoms with Crippen LogP contribution in [0.25, 0.3) is 77.2 Å². The molecule has 0 aliphatic carbocycles. The summed E-state index contributed by atoms with van der Waals surface area (Å²) in [6.07, 6.45) is 5.76. The van der Waals surface area contributed by atoms with E-state index < -0.39 is 0 Å². The Hall–Kier alpha value is -6.72. The van der Waals surface area contributed by atoms with Gasteiger partial charge in [-0.1, -0.05) is 84.9 Å². The molecule has 10 rings (SSSR count). The fraction of sp³-hybridized carbons (Fsp3) is 0. The van der Waals surface area contributed by atoms with Crippen LogP contribution in [0.1, 0.15) is 0 Å². The molecule has 5 heteroatoms. The van der Waals surface area contributed by atoms with Crippen molar-refractivity contribution < 1.29 is 4.74 Å². The summed E-state index contributed by atoms with van der Waals surface area (Å²) in [5.74, 6) is 2.37. The molecule has 49 heavy (non-hydrogen) atoms. The summed E-state index contributed by atoms with van der Waals surface area (Å²) in [6.45, 7) is 0. The van der Waals surface area contributed by atoms with Gasteiger partial charge < -0.3 is 4.74 Å². The zero-order valence-electron chi connectivity index (χ0n) is 26.4. The molecule has 0 fully saturated rings. The maximum absolute atomic E-state index is 6.64. The van der Waals surface area contributed by atoms with Crippen LogP contribution in [0.15, 0.2) is 170 Å². The Bertz CT molecular complexity index is 2840. The molecule has 0 atom stereocenters. The van der Waals surface area contributed by atoms with Gasteiger partial charge in [0.05, 0.1) is 16.6 Å². The lowest BCUT2D eigenvalue weighted by atomic mass is 9.92. The molecule has 4 aromatic heterocycles. The number of hydrogen-bond donors (Lipinski definition) is 0. The normalized spacial score (nSPS) is 11.7. The van der Waals surface area contributed by atoms with Gasteiger partial charge in [0.25, 0.3) is 0 Å². The van der Waals surface area contributed by atoms with Crippen LogP contribution in [-0.4, -0.2) is 18.9 Å². The molecule has 0 saturated heterocycles. The molecule has 6 aromatic carbocycles. The number of nitrogens with zero attached hydrogens (tertiary/aromatic N) is 4. The van der Waals surface area contributed by atoms with E-state index in [2.05, 4.69) is 148 Å². The Labute approximate surface area is 281 Å². The Kier molecular flexibility index (Phi) is 6.11. The van der Waals surface area contributed by atoms with Gasteiger partial charge in [-0.2, -0.15) is 0 Å². The van der Waals surface area contributed by atoms with Gasteiger partial charge >= 0.3 is 0 Å². The molecule has 0 N–H and O–H groups in total. The highest BCUT2D eigenvalue weighted by atomic mass is 16.5. The lowest BCUT2D eigenvalue weighted by Crippen LogP contribution is -1.96. The fourth-order valence-electron chi connectivity index (χ4n) is 7.31. The lowest BCUT2D eigenvalue weighted by Gasteiger charge is -2.16. The van der Waals surface area contributed by atoms with E-state index in [9.17, 15) is 0 Å². The smallest absolute Gasteiger partial charge is 0.145 e. The maximum Gasteiger partial charge on any atom is 0.145 e. The SMILES string of the molecule is c1ccc(-c2cc(-c3ccccc3)c3c4ccc(Oc5ccc6c7ccccc7n(-c7ccccn7)c6c5)cc4c4nccn4c3c2)cc1. The van der Waals surface area contributed by atoms with Gasteiger partial charge in [-0.15, -0.1) is 0 Å². The van der Waals surface area contributed by atoms with Crippen LogP contribution in [-0.2, 0) is 0 Å². The summed E-state index contributed by atoms with van der Waals surface area (Å²) in [5, 5.41) is 5.67. The standard InChI is InChI=1S/C44H28N4O/c1-3-11-29(12-4-1)31-25-37(30-13-5-2-6-14-30)43-36-21-19-32(27-38(36)44-46-23-24-47(44)41(43)26-31)49-33-18-20-35-34-15-7-8-16-39(34)48(40(35)28-33)42-17-9-10-22-45-42/h1-28H. The first-order chi connectivity index (χ1) is 24.3. The van der Waals surface area contributed by atoms with Crippen LogP contribution >= 0.6 is 0 Å². The van der Waals surface area contributed by atoms with E-state index in [0.717, 1.165) is 55.7 Å². The number of benzene rings is 6. The molecule has 0 amide bonds. The lowest BCUT2D eigenvalue weighted by molar-refractivity contribution is 0.484. The molecule has 0 bridgehead atoms. The topological polar surface area (TPSA) is 44.3 Å². The van der Waals surface area contributed by atoms with E-state index in [1.807, 2.05) is 36.7 Å². The molecule has 230 valence electrons. The van der Waals surface area contributed by atoms with Crippen LogP contribution in [0, 0.1) is 0 Å². The molecule has 0 aliphatic heterocycles. The van der Waals surface area contributed by atoms with Crippen molar-refractivity contribution in [1.82, 2.24) is 18.9 Å². The van der Waals surface area contributed by atoms with Crippen LogP contribution in [0.4, 0.5) is 0 Å². The minimum Gasteiger partial charge on any atom is -0.457 e. The summed E-state index contributed by atoms with van der Waals surface area (Å²) >= 11 is 0. The highest BCUT2D eigenvalue weighted by Gasteiger charge is 2.18. The first-order valence-electron chi connectivity index (χ1n) is 16.4. The van der Waals surface area contributed by atoms with Crippen molar-refractivity contribution in [2.45, 2.75) is 0 Å². The third-order valence-electron chi connectivity index (χ3n) is 9.47. The van der Waals surface area contributed by atoms with Crippen molar-refractivity contribution in [2.24, 2.45) is 0 Å². The van der Waals surface area contributed by atoms with Crippen molar-refractivity contribution in [3.63, 3.8) is 0 Å². The first-order valence-corrected chi connectivity index (χ1v) is 16.4. The second kappa shape index (κ2) is 10.9. The zero-order chi connectivity index (χ0) is 32.3. The van der Waals surface area contributed by atoms with Crippen LogP contribution in [0.3, 0.4) is 0 Å². The van der Waals surface area contributed by atoms with E-state index in [1.165, 1.54) is 33.0 Å². The molecule has 4 heterocycles. The van der Waals surface area contributed by atoms with Crippen molar-refractivity contribution in [2.75, 3.05) is 0 Å². The second-order valence-electron chi connectivity index (χ2n) is 12.3. The average molecular weight is 629 g/mol. The third kappa shape index (κ3) is 4.40. The van der Waals surface area contributed by atoms with E-state index in [-0.39, 0.29) is 0 Å². The minimum atomic E-state index is 0.749. The summed E-state index contributed by atoms with van der Waals surface area (Å²) in [6, 6.07) is 52.9. The summed E-state index contributed by atoms with van der Waals surface area (Å²) in [4.78, 5) is 9.54. The number of rotatable bonds is 5. The van der Waals surface area contributed by atoms with Crippen LogP contribution in [0.5, 0.6) is 11.5 Å². The number of ether oxygens (including phenoxy) is 1. The largest absolute Gasteiger partial charge is 0.457 e. The quantitative estimate of drug-likeness (QED) is 0.178. The molecular formula is C44H28N4O. The van der Waals surface area contributed by atoms with Gasteiger partial charge in [-0.05, 0) is 88.3 Å². The summed E-state index contributed by atoms with van der Waals surface area (Å²) in [5.41, 5.74) is 8.85. The molecule has 10 aromatic rings. The van der Waals surface area contributed by atoms with Crippen molar-refractivity contribution in [1.29, 1.82) is 0 Å². The van der Waals surface area contributed by atoms with E-state index in [0.29, 0.717) is 0 Å². The van der Waals surface area contributed by atoms with E-state index in [4.69, 9.17) is 9.72 Å². The van der Waals surface area contributed by atoms with E-state index >= 15 is 0 Å². The number of fused-ring (bicyclic) bond motifs is 9. The first kappa shape index (κ1) is 27.4. The van der Waals surface area contributed by atoms with Gasteiger partial charge in [-0.25, -0.2) is 9.97 Å². The fourth-order valence-corrected chi connectivity index (χ4v) is 7.31.